The highest BCUT2D eigenvalue weighted by Crippen LogP contribution is 2.26. The minimum absolute atomic E-state index is 0.00560. The fourth-order valence-electron chi connectivity index (χ4n) is 2.13. The fourth-order valence-corrected chi connectivity index (χ4v) is 2.13. The molecule has 0 saturated carbocycles. The largest absolute Gasteiger partial charge is 0.311 e. The highest BCUT2D eigenvalue weighted by atomic mass is 15.3. The van der Waals surface area contributed by atoms with Crippen LogP contribution < -0.4 is 5.73 Å². The molecule has 2 aromatic rings. The third-order valence-corrected chi connectivity index (χ3v) is 2.92. The molecular weight excluding hydrogens is 202 g/mol. The van der Waals surface area contributed by atoms with Crippen LogP contribution in [0.4, 0.5) is 0 Å². The summed E-state index contributed by atoms with van der Waals surface area (Å²) < 4.78 is 2.03. The van der Waals surface area contributed by atoms with Crippen LogP contribution >= 0.6 is 0 Å². The molecule has 3 heterocycles. The molecule has 0 saturated heterocycles. The van der Waals surface area contributed by atoms with Gasteiger partial charge in [-0.1, -0.05) is 0 Å². The molecule has 5 heteroatoms. The second-order valence-electron chi connectivity index (χ2n) is 4.01. The number of hydrogen-bond donors (Lipinski definition) is 1. The summed E-state index contributed by atoms with van der Waals surface area (Å²) in [5.41, 5.74) is 7.06. The van der Waals surface area contributed by atoms with E-state index in [1.165, 1.54) is 0 Å². The van der Waals surface area contributed by atoms with Gasteiger partial charge in [-0.2, -0.15) is 0 Å². The van der Waals surface area contributed by atoms with Gasteiger partial charge >= 0.3 is 0 Å². The van der Waals surface area contributed by atoms with Crippen LogP contribution in [-0.4, -0.2) is 19.7 Å². The average Bonchev–Trinajstić information content (AvgIpc) is 2.75. The molecule has 1 aliphatic rings. The Hall–Kier alpha value is -1.75. The Bertz CT molecular complexity index is 490. The molecule has 0 fully saturated rings. The number of aromatic nitrogens is 4. The summed E-state index contributed by atoms with van der Waals surface area (Å²) in [6, 6.07) is 3.87. The van der Waals surface area contributed by atoms with E-state index in [-0.39, 0.29) is 6.17 Å². The Morgan fingerprint density at radius 3 is 3.12 bits per heavy atom. The molecule has 1 aliphatic heterocycles. The van der Waals surface area contributed by atoms with Crippen LogP contribution in [0.25, 0.3) is 11.4 Å². The van der Waals surface area contributed by atoms with E-state index in [9.17, 15) is 0 Å². The molecule has 0 amide bonds. The van der Waals surface area contributed by atoms with Gasteiger partial charge in [0.05, 0.1) is 6.17 Å². The van der Waals surface area contributed by atoms with E-state index in [0.717, 1.165) is 36.5 Å². The van der Waals surface area contributed by atoms with Crippen molar-refractivity contribution in [1.29, 1.82) is 0 Å². The molecule has 2 N–H and O–H groups in total. The van der Waals surface area contributed by atoms with E-state index in [4.69, 9.17) is 5.73 Å². The van der Waals surface area contributed by atoms with Crippen LogP contribution in [0.2, 0.25) is 0 Å². The molecule has 0 spiro atoms. The number of fused-ring (bicyclic) bond motifs is 1. The molecule has 0 aromatic carbocycles. The maximum Gasteiger partial charge on any atom is 0.166 e. The summed E-state index contributed by atoms with van der Waals surface area (Å²) in [5, 5.41) is 8.40. The molecule has 0 aliphatic carbocycles. The summed E-state index contributed by atoms with van der Waals surface area (Å²) in [6.07, 6.45) is 6.56. The molecule has 82 valence electrons. The fraction of sp³-hybridized carbons (Fsp3) is 0.364. The van der Waals surface area contributed by atoms with Gasteiger partial charge in [0.25, 0.3) is 0 Å². The lowest BCUT2D eigenvalue weighted by Crippen LogP contribution is -2.25. The van der Waals surface area contributed by atoms with Crippen LogP contribution in [0.3, 0.4) is 0 Å². The van der Waals surface area contributed by atoms with E-state index in [2.05, 4.69) is 15.2 Å². The Balaban J connectivity index is 2.13. The monoisotopic (exact) mass is 215 g/mol. The first kappa shape index (κ1) is 9.47. The van der Waals surface area contributed by atoms with E-state index in [1.807, 2.05) is 16.7 Å². The van der Waals surface area contributed by atoms with Gasteiger partial charge < -0.3 is 5.73 Å². The Morgan fingerprint density at radius 2 is 2.31 bits per heavy atom. The molecular formula is C11H13N5. The molecule has 0 bridgehead atoms. The van der Waals surface area contributed by atoms with Crippen molar-refractivity contribution in [3.05, 3.63) is 30.4 Å². The summed E-state index contributed by atoms with van der Waals surface area (Å²) in [6.45, 7) is 0. The van der Waals surface area contributed by atoms with Gasteiger partial charge in [-0.15, -0.1) is 10.2 Å². The van der Waals surface area contributed by atoms with Gasteiger partial charge in [0.1, 0.15) is 5.82 Å². The summed E-state index contributed by atoms with van der Waals surface area (Å²) in [4.78, 5) is 4.09. The number of nitrogens with two attached hydrogens (primary N) is 1. The van der Waals surface area contributed by atoms with Gasteiger partial charge in [0.2, 0.25) is 0 Å². The zero-order chi connectivity index (χ0) is 11.0. The predicted molar refractivity (Wildman–Crippen MR) is 59.4 cm³/mol. The topological polar surface area (TPSA) is 69.6 Å². The van der Waals surface area contributed by atoms with Crippen LogP contribution in [0, 0.1) is 0 Å². The van der Waals surface area contributed by atoms with Crippen molar-refractivity contribution in [3.63, 3.8) is 0 Å². The Morgan fingerprint density at radius 1 is 1.38 bits per heavy atom. The van der Waals surface area contributed by atoms with Crippen molar-refractivity contribution in [2.24, 2.45) is 5.73 Å². The van der Waals surface area contributed by atoms with E-state index in [1.54, 1.807) is 12.4 Å². The van der Waals surface area contributed by atoms with Gasteiger partial charge in [-0.3, -0.25) is 9.55 Å². The van der Waals surface area contributed by atoms with Crippen molar-refractivity contribution >= 4 is 0 Å². The molecule has 5 nitrogen and oxygen atoms in total. The molecule has 3 rings (SSSR count). The van der Waals surface area contributed by atoms with Crippen molar-refractivity contribution in [2.45, 2.75) is 25.4 Å². The second kappa shape index (κ2) is 3.68. The van der Waals surface area contributed by atoms with Crippen LogP contribution in [-0.2, 0) is 6.42 Å². The zero-order valence-electron chi connectivity index (χ0n) is 8.87. The number of hydrogen-bond acceptors (Lipinski definition) is 4. The normalized spacial score (nSPS) is 19.4. The predicted octanol–water partition coefficient (Wildman–Crippen LogP) is 1.13. The van der Waals surface area contributed by atoms with Gasteiger partial charge in [-0.25, -0.2) is 0 Å². The standard InChI is InChI=1S/C11H13N5/c12-9-4-1-5-10-14-15-11(16(9)10)8-3-2-6-13-7-8/h2-3,6-7,9H,1,4-5,12H2. The first-order chi connectivity index (χ1) is 7.86. The van der Waals surface area contributed by atoms with Crippen molar-refractivity contribution in [1.82, 2.24) is 19.7 Å². The lowest BCUT2D eigenvalue weighted by atomic mass is 10.1. The third kappa shape index (κ3) is 1.40. The number of nitrogens with zero attached hydrogens (tertiary/aromatic N) is 4. The zero-order valence-corrected chi connectivity index (χ0v) is 8.87. The molecule has 2 aromatic heterocycles. The minimum Gasteiger partial charge on any atom is -0.311 e. The first-order valence-electron chi connectivity index (χ1n) is 5.46. The molecule has 1 atom stereocenters. The number of pyridine rings is 1. The van der Waals surface area contributed by atoms with Crippen molar-refractivity contribution in [2.75, 3.05) is 0 Å². The van der Waals surface area contributed by atoms with Crippen molar-refractivity contribution < 1.29 is 0 Å². The first-order valence-corrected chi connectivity index (χ1v) is 5.46. The van der Waals surface area contributed by atoms with Crippen molar-refractivity contribution in [3.8, 4) is 11.4 Å². The maximum absolute atomic E-state index is 6.09. The second-order valence-corrected chi connectivity index (χ2v) is 4.01. The van der Waals surface area contributed by atoms with Gasteiger partial charge in [-0.05, 0) is 25.0 Å². The highest BCUT2D eigenvalue weighted by molar-refractivity contribution is 5.53. The molecule has 16 heavy (non-hydrogen) atoms. The highest BCUT2D eigenvalue weighted by Gasteiger charge is 2.22. The third-order valence-electron chi connectivity index (χ3n) is 2.92. The quantitative estimate of drug-likeness (QED) is 0.774. The molecule has 1 unspecified atom stereocenters. The summed E-state index contributed by atoms with van der Waals surface area (Å²) >= 11 is 0. The SMILES string of the molecule is NC1CCCc2nnc(-c3cccnc3)n21. The summed E-state index contributed by atoms with van der Waals surface area (Å²) in [7, 11) is 0. The number of aryl methyl sites for hydroxylation is 1. The smallest absolute Gasteiger partial charge is 0.166 e. The minimum atomic E-state index is -0.00560. The Labute approximate surface area is 93.3 Å². The average molecular weight is 215 g/mol. The van der Waals surface area contributed by atoms with E-state index < -0.39 is 0 Å². The lowest BCUT2D eigenvalue weighted by Gasteiger charge is -2.22. The van der Waals surface area contributed by atoms with Crippen LogP contribution in [0.5, 0.6) is 0 Å². The molecule has 0 radical (unpaired) electrons. The van der Waals surface area contributed by atoms with E-state index in [0.29, 0.717) is 0 Å². The van der Waals surface area contributed by atoms with Crippen LogP contribution in [0.15, 0.2) is 24.5 Å². The number of rotatable bonds is 1. The van der Waals surface area contributed by atoms with Gasteiger partial charge in [0.15, 0.2) is 5.82 Å². The Kier molecular flexibility index (Phi) is 2.18. The summed E-state index contributed by atoms with van der Waals surface area (Å²) in [5.74, 6) is 1.81. The van der Waals surface area contributed by atoms with Gasteiger partial charge in [0, 0.05) is 24.4 Å². The van der Waals surface area contributed by atoms with Crippen LogP contribution in [0.1, 0.15) is 24.8 Å². The van der Waals surface area contributed by atoms with E-state index >= 15 is 0 Å². The maximum atomic E-state index is 6.09. The lowest BCUT2D eigenvalue weighted by molar-refractivity contribution is 0.412.